The Hall–Kier alpha value is -0.640. The molecule has 0 aliphatic heterocycles. The predicted octanol–water partition coefficient (Wildman–Crippen LogP) is 0.134. The summed E-state index contributed by atoms with van der Waals surface area (Å²) in [6.45, 7) is 0. The van der Waals surface area contributed by atoms with E-state index in [1.165, 1.54) is 7.05 Å². The monoisotopic (exact) mass is 89.1 g/mol. The third-order valence-corrected chi connectivity index (χ3v) is 0.214. The molecule has 6 heavy (non-hydrogen) atoms. The quantitative estimate of drug-likeness (QED) is 0.386. The highest BCUT2D eigenvalue weighted by molar-refractivity contribution is 3.90. The predicted molar refractivity (Wildman–Crippen MR) is 20.9 cm³/mol. The molecule has 0 saturated heterocycles. The van der Waals surface area contributed by atoms with Gasteiger partial charge in [-0.25, -0.2) is 0 Å². The zero-order valence-corrected chi connectivity index (χ0v) is 3.80. The summed E-state index contributed by atoms with van der Waals surface area (Å²) in [5.41, 5.74) is 2.31. The lowest BCUT2D eigenvalue weighted by Gasteiger charge is -1.83. The second-order valence-corrected chi connectivity index (χ2v) is 0.577. The molecule has 0 aromatic heterocycles. The van der Waals surface area contributed by atoms with E-state index in [9.17, 15) is 0 Å². The van der Waals surface area contributed by atoms with E-state index in [1.54, 1.807) is 7.05 Å². The van der Waals surface area contributed by atoms with Gasteiger partial charge in [-0.15, -0.1) is 5.48 Å². The first kappa shape index (κ1) is 5.36. The number of nitrogens with one attached hydrogen (secondary N) is 1. The van der Waals surface area contributed by atoms with E-state index in [1.807, 2.05) is 0 Å². The zero-order chi connectivity index (χ0) is 4.83. The molecule has 1 N–H and O–H groups in total. The van der Waals surface area contributed by atoms with Crippen molar-refractivity contribution in [2.24, 2.45) is 10.4 Å². The SMILES string of the molecule is CN=NONC. The fourth-order valence-corrected chi connectivity index (χ4v) is 0.0816. The lowest BCUT2D eigenvalue weighted by Crippen LogP contribution is -1.99. The summed E-state index contributed by atoms with van der Waals surface area (Å²) in [5.74, 6) is 0. The Morgan fingerprint density at radius 2 is 2.33 bits per heavy atom. The largest absolute Gasteiger partial charge is 0.280 e. The van der Waals surface area contributed by atoms with Crippen LogP contribution >= 0.6 is 0 Å². The Morgan fingerprint density at radius 1 is 1.67 bits per heavy atom. The maximum Gasteiger partial charge on any atom is 0.0524 e. The van der Waals surface area contributed by atoms with Gasteiger partial charge in [0, 0.05) is 12.3 Å². The van der Waals surface area contributed by atoms with Gasteiger partial charge >= 0.3 is 0 Å². The molecule has 0 saturated carbocycles. The summed E-state index contributed by atoms with van der Waals surface area (Å²) in [6.07, 6.45) is 0. The minimum atomic E-state index is 1.53. The second kappa shape index (κ2) is 4.36. The van der Waals surface area contributed by atoms with Gasteiger partial charge < -0.3 is 0 Å². The summed E-state index contributed by atoms with van der Waals surface area (Å²) < 4.78 is 0. The van der Waals surface area contributed by atoms with E-state index in [0.29, 0.717) is 0 Å². The molecule has 0 aliphatic carbocycles. The zero-order valence-electron chi connectivity index (χ0n) is 3.80. The van der Waals surface area contributed by atoms with Crippen LogP contribution in [-0.4, -0.2) is 14.1 Å². The number of nitrogens with zero attached hydrogens (tertiary/aromatic N) is 2. The Bertz CT molecular complexity index is 44.1. The lowest BCUT2D eigenvalue weighted by atomic mass is 11.5. The van der Waals surface area contributed by atoms with Crippen LogP contribution in [0.25, 0.3) is 0 Å². The van der Waals surface area contributed by atoms with Crippen LogP contribution in [-0.2, 0) is 4.94 Å². The van der Waals surface area contributed by atoms with Gasteiger partial charge in [0.1, 0.15) is 0 Å². The number of hydrogen-bond donors (Lipinski definition) is 1. The van der Waals surface area contributed by atoms with Crippen molar-refractivity contribution < 1.29 is 4.94 Å². The fraction of sp³-hybridized carbons (Fsp3) is 1.00. The van der Waals surface area contributed by atoms with Gasteiger partial charge in [-0.05, 0) is 0 Å². The highest BCUT2D eigenvalue weighted by atomic mass is 16.8. The molecule has 4 nitrogen and oxygen atoms in total. The van der Waals surface area contributed by atoms with Crippen molar-refractivity contribution >= 4 is 0 Å². The van der Waals surface area contributed by atoms with Gasteiger partial charge in [0.05, 0.1) is 7.05 Å². The highest BCUT2D eigenvalue weighted by Gasteiger charge is 1.58. The van der Waals surface area contributed by atoms with E-state index < -0.39 is 0 Å². The molecule has 0 heterocycles. The molecule has 0 spiro atoms. The van der Waals surface area contributed by atoms with Gasteiger partial charge in [-0.2, -0.15) is 5.11 Å². The molecule has 0 fully saturated rings. The third-order valence-electron chi connectivity index (χ3n) is 0.214. The smallest absolute Gasteiger partial charge is 0.0524 e. The minimum absolute atomic E-state index is 1.53. The normalized spacial score (nSPS) is 9.67. The molecule has 0 bridgehead atoms. The standard InChI is InChI=1S/C2H7N3O/c1-3-5-6-4-2/h4H,1-2H3. The molecule has 4 heteroatoms. The first-order valence-electron chi connectivity index (χ1n) is 1.53. The van der Waals surface area contributed by atoms with Crippen molar-refractivity contribution in [1.29, 1.82) is 0 Å². The van der Waals surface area contributed by atoms with Crippen LogP contribution in [0.5, 0.6) is 0 Å². The van der Waals surface area contributed by atoms with Crippen molar-refractivity contribution in [1.82, 2.24) is 5.48 Å². The average molecular weight is 89.1 g/mol. The Balaban J connectivity index is 2.66. The first-order chi connectivity index (χ1) is 2.91. The Morgan fingerprint density at radius 3 is 2.50 bits per heavy atom. The highest BCUT2D eigenvalue weighted by Crippen LogP contribution is 1.63. The van der Waals surface area contributed by atoms with Crippen molar-refractivity contribution in [2.45, 2.75) is 0 Å². The summed E-state index contributed by atoms with van der Waals surface area (Å²) in [6, 6.07) is 0. The lowest BCUT2D eigenvalue weighted by molar-refractivity contribution is 0.0474. The fourth-order valence-electron chi connectivity index (χ4n) is 0.0816. The maximum atomic E-state index is 4.19. The van der Waals surface area contributed by atoms with E-state index in [0.717, 1.165) is 0 Å². The molecule has 0 aromatic rings. The van der Waals surface area contributed by atoms with Crippen LogP contribution in [0.1, 0.15) is 0 Å². The molecule has 0 unspecified atom stereocenters. The maximum absolute atomic E-state index is 4.19. The molecule has 0 aliphatic rings. The summed E-state index contributed by atoms with van der Waals surface area (Å²) >= 11 is 0. The summed E-state index contributed by atoms with van der Waals surface area (Å²) in [4.78, 5) is 4.19. The van der Waals surface area contributed by atoms with E-state index in [2.05, 4.69) is 20.8 Å². The Kier molecular flexibility index (Phi) is 3.89. The van der Waals surface area contributed by atoms with Crippen LogP contribution < -0.4 is 5.48 Å². The van der Waals surface area contributed by atoms with Crippen molar-refractivity contribution in [3.05, 3.63) is 0 Å². The van der Waals surface area contributed by atoms with Gasteiger partial charge in [-0.1, -0.05) is 0 Å². The second-order valence-electron chi connectivity index (χ2n) is 0.577. The molecule has 0 atom stereocenters. The molecular formula is C2H7N3O. The molecule has 0 radical (unpaired) electrons. The molecule has 0 aromatic carbocycles. The van der Waals surface area contributed by atoms with Crippen molar-refractivity contribution in [2.75, 3.05) is 14.1 Å². The number of hydrogen-bond acceptors (Lipinski definition) is 4. The van der Waals surface area contributed by atoms with Crippen molar-refractivity contribution in [3.63, 3.8) is 0 Å². The van der Waals surface area contributed by atoms with Crippen LogP contribution in [0.3, 0.4) is 0 Å². The van der Waals surface area contributed by atoms with Crippen LogP contribution in [0, 0.1) is 0 Å². The van der Waals surface area contributed by atoms with Gasteiger partial charge in [0.25, 0.3) is 0 Å². The van der Waals surface area contributed by atoms with Gasteiger partial charge in [0.15, 0.2) is 0 Å². The topological polar surface area (TPSA) is 46.0 Å². The summed E-state index contributed by atoms with van der Waals surface area (Å²) in [7, 11) is 3.13. The van der Waals surface area contributed by atoms with Crippen LogP contribution in [0.4, 0.5) is 0 Å². The van der Waals surface area contributed by atoms with E-state index in [4.69, 9.17) is 0 Å². The minimum Gasteiger partial charge on any atom is -0.280 e. The third kappa shape index (κ3) is 3.36. The molecular weight excluding hydrogens is 82.0 g/mol. The van der Waals surface area contributed by atoms with Crippen molar-refractivity contribution in [3.8, 4) is 0 Å². The molecule has 36 valence electrons. The van der Waals surface area contributed by atoms with Crippen LogP contribution in [0.15, 0.2) is 10.4 Å². The molecule has 0 amide bonds. The van der Waals surface area contributed by atoms with Gasteiger partial charge in [-0.3, -0.25) is 4.94 Å². The van der Waals surface area contributed by atoms with E-state index >= 15 is 0 Å². The number of rotatable bonds is 2. The van der Waals surface area contributed by atoms with Crippen LogP contribution in [0.2, 0.25) is 0 Å². The van der Waals surface area contributed by atoms with Gasteiger partial charge in [0.2, 0.25) is 0 Å². The van der Waals surface area contributed by atoms with E-state index in [-0.39, 0.29) is 0 Å². The Labute approximate surface area is 36.1 Å². The first-order valence-corrected chi connectivity index (χ1v) is 1.53. The molecule has 0 rings (SSSR count). The number of hydroxylamine groups is 1. The summed E-state index contributed by atoms with van der Waals surface area (Å²) in [5, 5.41) is 6.37. The average Bonchev–Trinajstić information content (AvgIpc) is 1.61.